The number of nitrogens with one attached hydrogen (secondary N) is 2. The van der Waals surface area contributed by atoms with Crippen molar-refractivity contribution in [3.05, 3.63) is 35.4 Å². The minimum atomic E-state index is -0.973. The number of carbonyl (C=O) groups is 1. The summed E-state index contributed by atoms with van der Waals surface area (Å²) in [6.07, 6.45) is 0.387. The summed E-state index contributed by atoms with van der Waals surface area (Å²) in [5.74, 6) is -1.87. The number of benzene rings is 1. The van der Waals surface area contributed by atoms with Crippen molar-refractivity contribution in [2.45, 2.75) is 25.0 Å². The zero-order valence-corrected chi connectivity index (χ0v) is 10.3. The van der Waals surface area contributed by atoms with E-state index in [2.05, 4.69) is 10.6 Å². The van der Waals surface area contributed by atoms with Gasteiger partial charge in [-0.3, -0.25) is 4.79 Å². The van der Waals surface area contributed by atoms with Crippen LogP contribution in [0.15, 0.2) is 18.2 Å². The lowest BCUT2D eigenvalue weighted by molar-refractivity contribution is -0.119. The van der Waals surface area contributed by atoms with Crippen LogP contribution in [0, 0.1) is 11.6 Å². The number of rotatable bonds is 5. The fraction of sp³-hybridized carbons (Fsp3) is 0.462. The molecule has 6 heteroatoms. The monoisotopic (exact) mass is 270 g/mol. The molecule has 2 atom stereocenters. The van der Waals surface area contributed by atoms with Crippen LogP contribution >= 0.6 is 0 Å². The van der Waals surface area contributed by atoms with E-state index >= 15 is 0 Å². The molecule has 1 aromatic carbocycles. The maximum atomic E-state index is 13.0. The Labute approximate surface area is 109 Å². The van der Waals surface area contributed by atoms with Crippen LogP contribution < -0.4 is 10.6 Å². The summed E-state index contributed by atoms with van der Waals surface area (Å²) in [4.78, 5) is 11.0. The fourth-order valence-electron chi connectivity index (χ4n) is 2.06. The van der Waals surface area contributed by atoms with Crippen molar-refractivity contribution in [2.24, 2.45) is 0 Å². The predicted molar refractivity (Wildman–Crippen MR) is 65.4 cm³/mol. The van der Waals surface area contributed by atoms with E-state index in [1.54, 1.807) is 0 Å². The van der Waals surface area contributed by atoms with Crippen LogP contribution in [0.2, 0.25) is 0 Å². The molecule has 3 N–H and O–H groups in total. The molecule has 0 aromatic heterocycles. The molecule has 19 heavy (non-hydrogen) atoms. The molecule has 0 bridgehead atoms. The molecule has 1 heterocycles. The predicted octanol–water partition coefficient (Wildman–Crippen LogP) is 0.866. The summed E-state index contributed by atoms with van der Waals surface area (Å²) >= 11 is 0. The Morgan fingerprint density at radius 2 is 2.21 bits per heavy atom. The van der Waals surface area contributed by atoms with E-state index in [-0.39, 0.29) is 18.5 Å². The van der Waals surface area contributed by atoms with Crippen LogP contribution in [0.5, 0.6) is 0 Å². The minimum absolute atomic E-state index is 0.0351. The number of hydrogen-bond acceptors (Lipinski definition) is 3. The standard InChI is InChI=1S/C13H16F2N2O2/c14-10-3-1-8(5-11(10)15)12(18)7-16-6-9-2-4-13(19)17-9/h1,3,5,9,12,16,18H,2,4,6-7H2,(H,17,19). The Bertz CT molecular complexity index is 468. The number of aliphatic hydroxyl groups is 1. The SMILES string of the molecule is O=C1CCC(CNCC(O)c2ccc(F)c(F)c2)N1. The first-order chi connectivity index (χ1) is 9.06. The zero-order chi connectivity index (χ0) is 13.8. The molecular weight excluding hydrogens is 254 g/mol. The number of amides is 1. The molecule has 1 aromatic rings. The maximum absolute atomic E-state index is 13.0. The first kappa shape index (κ1) is 13.9. The summed E-state index contributed by atoms with van der Waals surface area (Å²) in [7, 11) is 0. The van der Waals surface area contributed by atoms with E-state index in [1.165, 1.54) is 6.07 Å². The third-order valence-electron chi connectivity index (χ3n) is 3.14. The zero-order valence-electron chi connectivity index (χ0n) is 10.3. The summed E-state index contributed by atoms with van der Waals surface area (Å²) in [5, 5.41) is 15.6. The Morgan fingerprint density at radius 3 is 2.84 bits per heavy atom. The van der Waals surface area contributed by atoms with Gasteiger partial charge in [-0.15, -0.1) is 0 Å². The number of aliphatic hydroxyl groups excluding tert-OH is 1. The summed E-state index contributed by atoms with van der Waals surface area (Å²) < 4.78 is 25.7. The highest BCUT2D eigenvalue weighted by Gasteiger charge is 2.20. The Kier molecular flexibility index (Phi) is 4.44. The molecule has 0 aliphatic carbocycles. The van der Waals surface area contributed by atoms with Gasteiger partial charge < -0.3 is 15.7 Å². The molecule has 4 nitrogen and oxygen atoms in total. The van der Waals surface area contributed by atoms with Crippen LogP contribution in [-0.2, 0) is 4.79 Å². The third kappa shape index (κ3) is 3.71. The van der Waals surface area contributed by atoms with Gasteiger partial charge in [-0.1, -0.05) is 6.07 Å². The Morgan fingerprint density at radius 1 is 1.42 bits per heavy atom. The molecule has 1 fully saturated rings. The van der Waals surface area contributed by atoms with E-state index in [4.69, 9.17) is 0 Å². The molecule has 0 radical (unpaired) electrons. The summed E-state index contributed by atoms with van der Waals surface area (Å²) in [5.41, 5.74) is 0.321. The van der Waals surface area contributed by atoms with Crippen LogP contribution in [0.25, 0.3) is 0 Å². The fourth-order valence-corrected chi connectivity index (χ4v) is 2.06. The number of carbonyl (C=O) groups excluding carboxylic acids is 1. The van der Waals surface area contributed by atoms with Crippen molar-refractivity contribution in [3.63, 3.8) is 0 Å². The van der Waals surface area contributed by atoms with Gasteiger partial charge in [0.2, 0.25) is 5.91 Å². The highest BCUT2D eigenvalue weighted by molar-refractivity contribution is 5.78. The van der Waals surface area contributed by atoms with E-state index in [0.717, 1.165) is 18.6 Å². The second-order valence-corrected chi connectivity index (χ2v) is 4.65. The summed E-state index contributed by atoms with van der Waals surface area (Å²) in [6.45, 7) is 0.768. The molecule has 0 spiro atoms. The number of halogens is 2. The van der Waals surface area contributed by atoms with Gasteiger partial charge in [-0.2, -0.15) is 0 Å². The highest BCUT2D eigenvalue weighted by Crippen LogP contribution is 2.15. The third-order valence-corrected chi connectivity index (χ3v) is 3.14. The van der Waals surface area contributed by atoms with E-state index in [0.29, 0.717) is 18.5 Å². The molecule has 0 saturated carbocycles. The van der Waals surface area contributed by atoms with Crippen molar-refractivity contribution >= 4 is 5.91 Å². The lowest BCUT2D eigenvalue weighted by Gasteiger charge is -2.15. The van der Waals surface area contributed by atoms with Crippen LogP contribution in [-0.4, -0.2) is 30.1 Å². The second kappa shape index (κ2) is 6.08. The minimum Gasteiger partial charge on any atom is -0.387 e. The van der Waals surface area contributed by atoms with Gasteiger partial charge in [0.1, 0.15) is 0 Å². The van der Waals surface area contributed by atoms with Crippen molar-refractivity contribution in [1.82, 2.24) is 10.6 Å². The topological polar surface area (TPSA) is 61.4 Å². The Balaban J connectivity index is 1.79. The van der Waals surface area contributed by atoms with Gasteiger partial charge in [-0.25, -0.2) is 8.78 Å². The van der Waals surface area contributed by atoms with Gasteiger partial charge in [0, 0.05) is 25.6 Å². The van der Waals surface area contributed by atoms with Gasteiger partial charge in [0.05, 0.1) is 6.10 Å². The van der Waals surface area contributed by atoms with Gasteiger partial charge in [0.25, 0.3) is 0 Å². The molecule has 1 aliphatic rings. The summed E-state index contributed by atoms with van der Waals surface area (Å²) in [6, 6.07) is 3.40. The quantitative estimate of drug-likeness (QED) is 0.744. The highest BCUT2D eigenvalue weighted by atomic mass is 19.2. The average Bonchev–Trinajstić information content (AvgIpc) is 2.78. The second-order valence-electron chi connectivity index (χ2n) is 4.65. The van der Waals surface area contributed by atoms with Crippen LogP contribution in [0.1, 0.15) is 24.5 Å². The lowest BCUT2D eigenvalue weighted by Crippen LogP contribution is -2.37. The molecule has 1 saturated heterocycles. The van der Waals surface area contributed by atoms with Gasteiger partial charge >= 0.3 is 0 Å². The molecule has 2 rings (SSSR count). The normalized spacial score (nSPS) is 20.4. The van der Waals surface area contributed by atoms with Crippen molar-refractivity contribution in [3.8, 4) is 0 Å². The first-order valence-corrected chi connectivity index (χ1v) is 6.19. The van der Waals surface area contributed by atoms with Crippen molar-refractivity contribution in [2.75, 3.05) is 13.1 Å². The average molecular weight is 270 g/mol. The van der Waals surface area contributed by atoms with Crippen molar-refractivity contribution < 1.29 is 18.7 Å². The largest absolute Gasteiger partial charge is 0.387 e. The number of hydrogen-bond donors (Lipinski definition) is 3. The smallest absolute Gasteiger partial charge is 0.220 e. The van der Waals surface area contributed by atoms with Crippen LogP contribution in [0.3, 0.4) is 0 Å². The van der Waals surface area contributed by atoms with E-state index in [9.17, 15) is 18.7 Å². The Hall–Kier alpha value is -1.53. The molecule has 1 amide bonds. The molecule has 2 unspecified atom stereocenters. The first-order valence-electron chi connectivity index (χ1n) is 6.19. The van der Waals surface area contributed by atoms with E-state index < -0.39 is 17.7 Å². The molecular formula is C13H16F2N2O2. The van der Waals surface area contributed by atoms with Gasteiger partial charge in [-0.05, 0) is 24.1 Å². The lowest BCUT2D eigenvalue weighted by atomic mass is 10.1. The van der Waals surface area contributed by atoms with Crippen LogP contribution in [0.4, 0.5) is 8.78 Å². The maximum Gasteiger partial charge on any atom is 0.220 e. The van der Waals surface area contributed by atoms with Gasteiger partial charge in [0.15, 0.2) is 11.6 Å². The molecule has 1 aliphatic heterocycles. The van der Waals surface area contributed by atoms with E-state index in [1.807, 2.05) is 0 Å². The van der Waals surface area contributed by atoms with Crippen molar-refractivity contribution in [1.29, 1.82) is 0 Å². The molecule has 104 valence electrons.